The van der Waals surface area contributed by atoms with E-state index in [-0.39, 0.29) is 17.7 Å². The lowest BCUT2D eigenvalue weighted by Crippen LogP contribution is -2.32. The number of fused-ring (bicyclic) bond motifs is 3. The van der Waals surface area contributed by atoms with Crippen molar-refractivity contribution in [2.45, 2.75) is 19.0 Å². The number of halogens is 1. The summed E-state index contributed by atoms with van der Waals surface area (Å²) in [6.07, 6.45) is 2.23. The molecule has 0 radical (unpaired) electrons. The Hall–Kier alpha value is -3.02. The Morgan fingerprint density at radius 2 is 1.84 bits per heavy atom. The van der Waals surface area contributed by atoms with Gasteiger partial charge in [0, 0.05) is 16.8 Å². The van der Waals surface area contributed by atoms with Gasteiger partial charge in [-0.15, -0.1) is 0 Å². The maximum absolute atomic E-state index is 13.2. The van der Waals surface area contributed by atoms with Crippen LogP contribution in [0.15, 0.2) is 53.3 Å². The number of nitrogens with zero attached hydrogens (tertiary/aromatic N) is 3. The van der Waals surface area contributed by atoms with Gasteiger partial charge in [-0.05, 0) is 55.2 Å². The second kappa shape index (κ2) is 5.24. The van der Waals surface area contributed by atoms with Crippen LogP contribution in [0.1, 0.15) is 19.0 Å². The van der Waals surface area contributed by atoms with Crippen molar-refractivity contribution in [3.05, 3.63) is 64.7 Å². The summed E-state index contributed by atoms with van der Waals surface area (Å²) in [7, 11) is 0. The summed E-state index contributed by atoms with van der Waals surface area (Å²) < 4.78 is 15.0. The van der Waals surface area contributed by atoms with E-state index in [0.717, 1.165) is 24.1 Å². The van der Waals surface area contributed by atoms with E-state index in [1.807, 2.05) is 28.9 Å². The summed E-state index contributed by atoms with van der Waals surface area (Å²) in [5.41, 5.74) is 2.26. The monoisotopic (exact) mass is 334 g/mol. The molecule has 2 aliphatic rings. The molecule has 0 bridgehead atoms. The molecule has 3 aromatic rings. The second-order valence-corrected chi connectivity index (χ2v) is 6.51. The van der Waals surface area contributed by atoms with Crippen molar-refractivity contribution in [2.75, 3.05) is 5.32 Å². The van der Waals surface area contributed by atoms with Crippen LogP contribution >= 0.6 is 0 Å². The van der Waals surface area contributed by atoms with Crippen LogP contribution < -0.4 is 10.9 Å². The first-order valence-electron chi connectivity index (χ1n) is 8.33. The number of hydrogen-bond donors (Lipinski definition) is 1. The normalized spacial score (nSPS) is 18.2. The molecule has 1 saturated carbocycles. The van der Waals surface area contributed by atoms with Crippen molar-refractivity contribution >= 4 is 5.69 Å². The second-order valence-electron chi connectivity index (χ2n) is 6.51. The number of hydrogen-bond acceptors (Lipinski definition) is 4. The molecule has 5 nitrogen and oxygen atoms in total. The van der Waals surface area contributed by atoms with Gasteiger partial charge in [-0.2, -0.15) is 10.1 Å². The van der Waals surface area contributed by atoms with Gasteiger partial charge in [0.25, 0.3) is 5.56 Å². The molecular weight excluding hydrogens is 319 g/mol. The van der Waals surface area contributed by atoms with E-state index < -0.39 is 5.56 Å². The number of aromatic nitrogens is 3. The summed E-state index contributed by atoms with van der Waals surface area (Å²) in [6.45, 7) is 0. The van der Waals surface area contributed by atoms with Gasteiger partial charge in [-0.1, -0.05) is 12.1 Å². The fourth-order valence-corrected chi connectivity index (χ4v) is 3.32. The average molecular weight is 334 g/mol. The highest BCUT2D eigenvalue weighted by Crippen LogP contribution is 2.45. The van der Waals surface area contributed by atoms with E-state index in [2.05, 4.69) is 15.4 Å². The zero-order chi connectivity index (χ0) is 17.0. The highest BCUT2D eigenvalue weighted by atomic mass is 19.1. The Kier molecular flexibility index (Phi) is 3.00. The molecular formula is C19H15FN4O. The molecule has 1 aromatic heterocycles. The fourth-order valence-electron chi connectivity index (χ4n) is 3.32. The quantitative estimate of drug-likeness (QED) is 0.780. The summed E-state index contributed by atoms with van der Waals surface area (Å²) in [5.74, 6) is 0.716. The van der Waals surface area contributed by atoms with Crippen LogP contribution in [0.4, 0.5) is 10.1 Å². The van der Waals surface area contributed by atoms with Gasteiger partial charge in [0.15, 0.2) is 11.5 Å². The van der Waals surface area contributed by atoms with Gasteiger partial charge < -0.3 is 5.32 Å². The van der Waals surface area contributed by atoms with Crippen molar-refractivity contribution in [1.82, 2.24) is 14.8 Å². The molecule has 2 aromatic carbocycles. The largest absolute Gasteiger partial charge is 0.363 e. The summed E-state index contributed by atoms with van der Waals surface area (Å²) in [5, 5.41) is 8.13. The molecule has 2 heterocycles. The Morgan fingerprint density at radius 3 is 2.60 bits per heavy atom. The van der Waals surface area contributed by atoms with Crippen molar-refractivity contribution in [1.29, 1.82) is 0 Å². The number of benzene rings is 2. The predicted molar refractivity (Wildman–Crippen MR) is 92.5 cm³/mol. The molecule has 6 heteroatoms. The van der Waals surface area contributed by atoms with Gasteiger partial charge in [-0.25, -0.2) is 9.07 Å². The maximum atomic E-state index is 13.2. The molecule has 0 saturated heterocycles. The Balaban J connectivity index is 1.73. The molecule has 1 aliphatic carbocycles. The number of para-hydroxylation sites is 1. The number of rotatable bonds is 2. The minimum Gasteiger partial charge on any atom is -0.363 e. The third kappa shape index (κ3) is 2.33. The fraction of sp³-hybridized carbons (Fsp3) is 0.211. The van der Waals surface area contributed by atoms with Crippen LogP contribution in [0.2, 0.25) is 0 Å². The molecule has 1 fully saturated rings. The molecule has 1 atom stereocenters. The maximum Gasteiger partial charge on any atom is 0.300 e. The van der Waals surface area contributed by atoms with Gasteiger partial charge in [0.05, 0.1) is 0 Å². The molecule has 25 heavy (non-hydrogen) atoms. The third-order valence-electron chi connectivity index (χ3n) is 4.76. The Morgan fingerprint density at radius 1 is 1.08 bits per heavy atom. The van der Waals surface area contributed by atoms with Crippen LogP contribution in [0.3, 0.4) is 0 Å². The molecule has 0 unspecified atom stereocenters. The number of anilines is 1. The summed E-state index contributed by atoms with van der Waals surface area (Å²) in [4.78, 5) is 16.9. The molecule has 5 rings (SSSR count). The summed E-state index contributed by atoms with van der Waals surface area (Å²) in [6, 6.07) is 13.6. The van der Waals surface area contributed by atoms with E-state index in [1.54, 1.807) is 12.1 Å². The van der Waals surface area contributed by atoms with Crippen LogP contribution in [-0.2, 0) is 0 Å². The van der Waals surface area contributed by atoms with E-state index in [1.165, 1.54) is 12.1 Å². The van der Waals surface area contributed by atoms with Gasteiger partial charge >= 0.3 is 0 Å². The van der Waals surface area contributed by atoms with Crippen LogP contribution in [-0.4, -0.2) is 14.8 Å². The topological polar surface area (TPSA) is 59.8 Å². The van der Waals surface area contributed by atoms with Crippen molar-refractivity contribution < 1.29 is 4.39 Å². The lowest BCUT2D eigenvalue weighted by Gasteiger charge is -2.30. The Bertz CT molecular complexity index is 1020. The minimum atomic E-state index is -0.399. The molecule has 0 amide bonds. The van der Waals surface area contributed by atoms with Crippen molar-refractivity contribution in [3.63, 3.8) is 0 Å². The van der Waals surface area contributed by atoms with Crippen molar-refractivity contribution in [3.8, 4) is 22.6 Å². The first-order valence-corrected chi connectivity index (χ1v) is 8.33. The Labute approximate surface area is 143 Å². The first-order chi connectivity index (χ1) is 12.2. The third-order valence-corrected chi connectivity index (χ3v) is 4.76. The van der Waals surface area contributed by atoms with E-state index in [4.69, 9.17) is 0 Å². The van der Waals surface area contributed by atoms with Crippen LogP contribution in [0.25, 0.3) is 22.6 Å². The van der Waals surface area contributed by atoms with Crippen LogP contribution in [0.5, 0.6) is 0 Å². The lowest BCUT2D eigenvalue weighted by atomic mass is 10.1. The predicted octanol–water partition coefficient (Wildman–Crippen LogP) is 3.45. The average Bonchev–Trinajstić information content (AvgIpc) is 3.46. The van der Waals surface area contributed by atoms with E-state index in [9.17, 15) is 9.18 Å². The highest BCUT2D eigenvalue weighted by molar-refractivity contribution is 5.76. The van der Waals surface area contributed by atoms with Gasteiger partial charge in [0.2, 0.25) is 0 Å². The van der Waals surface area contributed by atoms with Crippen molar-refractivity contribution in [2.24, 2.45) is 5.92 Å². The smallest absolute Gasteiger partial charge is 0.300 e. The lowest BCUT2D eigenvalue weighted by molar-refractivity contribution is 0.437. The van der Waals surface area contributed by atoms with Gasteiger partial charge in [0.1, 0.15) is 12.0 Å². The number of nitrogens with one attached hydrogen (secondary N) is 1. The molecule has 1 N–H and O–H groups in total. The SMILES string of the molecule is O=c1nc2n(nc1-c1ccc(F)cc1)[C@H](C1CC1)Nc1ccccc1-2. The molecule has 1 aliphatic heterocycles. The zero-order valence-electron chi connectivity index (χ0n) is 13.3. The first kappa shape index (κ1) is 14.3. The van der Waals surface area contributed by atoms with Gasteiger partial charge in [-0.3, -0.25) is 4.79 Å². The summed E-state index contributed by atoms with van der Waals surface area (Å²) >= 11 is 0. The minimum absolute atomic E-state index is 0.0165. The van der Waals surface area contributed by atoms with E-state index in [0.29, 0.717) is 17.3 Å². The van der Waals surface area contributed by atoms with E-state index >= 15 is 0 Å². The standard InChI is InChI=1S/C19H15FN4O/c20-13-9-7-11(8-10-13)16-19(25)22-18-14-3-1-2-4-15(14)21-17(12-5-6-12)24(18)23-16/h1-4,7-10,12,17,21H,5-6H2/t17-/m1/s1. The van der Waals surface area contributed by atoms with Crippen LogP contribution in [0, 0.1) is 11.7 Å². The highest BCUT2D eigenvalue weighted by Gasteiger charge is 2.37. The zero-order valence-corrected chi connectivity index (χ0v) is 13.3. The molecule has 0 spiro atoms. The molecule has 124 valence electrons.